The minimum Gasteiger partial charge on any atom is -0.543 e. The van der Waals surface area contributed by atoms with Crippen LogP contribution in [0.4, 0.5) is 0 Å². The Labute approximate surface area is 177 Å². The van der Waals surface area contributed by atoms with Crippen LogP contribution < -0.4 is 13.9 Å². The first-order valence-corrected chi connectivity index (χ1v) is 12.8. The highest BCUT2D eigenvalue weighted by molar-refractivity contribution is 6.74. The van der Waals surface area contributed by atoms with Gasteiger partial charge in [-0.05, 0) is 35.8 Å². The van der Waals surface area contributed by atoms with Crippen molar-refractivity contribution in [3.8, 4) is 23.0 Å². The van der Waals surface area contributed by atoms with Crippen molar-refractivity contribution in [1.29, 1.82) is 0 Å². The molecule has 1 aliphatic rings. The minimum absolute atomic E-state index is 0.0125. The molecule has 2 aromatic rings. The zero-order valence-corrected chi connectivity index (χ0v) is 19.2. The summed E-state index contributed by atoms with van der Waals surface area (Å²) in [5.74, 6) is 0.518. The molecule has 0 fully saturated rings. The second-order valence-electron chi connectivity index (χ2n) is 9.07. The number of phenolic OH excluding ortho intramolecular Hbond substituents is 1. The minimum atomic E-state index is -2.12. The zero-order chi connectivity index (χ0) is 22.3. The number of fused-ring (bicyclic) bond motifs is 1. The van der Waals surface area contributed by atoms with Gasteiger partial charge in [-0.25, -0.2) is 0 Å². The van der Waals surface area contributed by atoms with Crippen LogP contribution in [0.3, 0.4) is 0 Å². The standard InChI is InChI=1S/C23H28O6Si/c1-14(24)27-16-9-7-15(8-10-16)20-13-19(26)22-18(25)11-17(12-21(22)28-20)29-30(5,6)23(2,3)4/h7-12,20,25H,13H2,1-6H3/t20-/m0/s1. The van der Waals surface area contributed by atoms with Gasteiger partial charge in [-0.3, -0.25) is 9.59 Å². The number of carbonyl (C=O) groups is 2. The number of esters is 1. The van der Waals surface area contributed by atoms with Gasteiger partial charge in [-0.15, -0.1) is 0 Å². The average molecular weight is 429 g/mol. The van der Waals surface area contributed by atoms with Gasteiger partial charge in [0.05, 0.1) is 6.42 Å². The van der Waals surface area contributed by atoms with Crippen LogP contribution in [0.5, 0.6) is 23.0 Å². The first-order chi connectivity index (χ1) is 13.9. The van der Waals surface area contributed by atoms with Crippen LogP contribution in [0, 0.1) is 0 Å². The normalized spacial score (nSPS) is 16.5. The lowest BCUT2D eigenvalue weighted by Crippen LogP contribution is -2.43. The molecule has 1 N–H and O–H groups in total. The second kappa shape index (κ2) is 7.79. The molecule has 1 aliphatic heterocycles. The van der Waals surface area contributed by atoms with Gasteiger partial charge < -0.3 is 19.0 Å². The number of benzene rings is 2. The molecule has 0 aliphatic carbocycles. The van der Waals surface area contributed by atoms with Gasteiger partial charge in [0.25, 0.3) is 0 Å². The molecular weight excluding hydrogens is 400 g/mol. The highest BCUT2D eigenvalue weighted by Crippen LogP contribution is 2.44. The van der Waals surface area contributed by atoms with Crippen molar-refractivity contribution in [2.24, 2.45) is 0 Å². The van der Waals surface area contributed by atoms with E-state index < -0.39 is 20.4 Å². The molecule has 6 nitrogen and oxygen atoms in total. The van der Waals surface area contributed by atoms with E-state index in [1.54, 1.807) is 30.3 Å². The van der Waals surface area contributed by atoms with E-state index in [1.165, 1.54) is 13.0 Å². The topological polar surface area (TPSA) is 82.1 Å². The molecule has 0 aromatic heterocycles. The van der Waals surface area contributed by atoms with Crippen LogP contribution in [0.25, 0.3) is 0 Å². The molecule has 3 rings (SSSR count). The molecule has 0 radical (unpaired) electrons. The van der Waals surface area contributed by atoms with Crippen LogP contribution >= 0.6 is 0 Å². The van der Waals surface area contributed by atoms with Crippen LogP contribution in [-0.4, -0.2) is 25.2 Å². The molecule has 0 unspecified atom stereocenters. The fourth-order valence-corrected chi connectivity index (χ4v) is 4.04. The Balaban J connectivity index is 1.88. The lowest BCUT2D eigenvalue weighted by Gasteiger charge is -2.37. The summed E-state index contributed by atoms with van der Waals surface area (Å²) in [5, 5.41) is 10.5. The van der Waals surface area contributed by atoms with Gasteiger partial charge in [0, 0.05) is 19.1 Å². The van der Waals surface area contributed by atoms with Crippen LogP contribution in [0.15, 0.2) is 36.4 Å². The van der Waals surface area contributed by atoms with Gasteiger partial charge >= 0.3 is 5.97 Å². The van der Waals surface area contributed by atoms with Crippen molar-refractivity contribution in [3.05, 3.63) is 47.5 Å². The maximum atomic E-state index is 12.7. The molecule has 0 amide bonds. The van der Waals surface area contributed by atoms with Gasteiger partial charge in [-0.1, -0.05) is 32.9 Å². The van der Waals surface area contributed by atoms with Crippen molar-refractivity contribution in [2.45, 2.75) is 58.4 Å². The van der Waals surface area contributed by atoms with E-state index in [1.807, 2.05) is 0 Å². The van der Waals surface area contributed by atoms with Crippen molar-refractivity contribution in [1.82, 2.24) is 0 Å². The van der Waals surface area contributed by atoms with E-state index >= 15 is 0 Å². The molecule has 0 spiro atoms. The molecular formula is C23H28O6Si. The number of aromatic hydroxyl groups is 1. The maximum Gasteiger partial charge on any atom is 0.308 e. The quantitative estimate of drug-likeness (QED) is 0.398. The SMILES string of the molecule is CC(=O)Oc1ccc([C@@H]2CC(=O)c3c(O)cc(O[Si](C)(C)C(C)(C)C)cc3O2)cc1. The average Bonchev–Trinajstić information content (AvgIpc) is 2.59. The number of ketones is 1. The Morgan fingerprint density at radius 1 is 1.13 bits per heavy atom. The largest absolute Gasteiger partial charge is 0.543 e. The molecule has 30 heavy (non-hydrogen) atoms. The van der Waals surface area contributed by atoms with Crippen molar-refractivity contribution >= 4 is 20.1 Å². The zero-order valence-electron chi connectivity index (χ0n) is 18.2. The number of hydrogen-bond acceptors (Lipinski definition) is 6. The molecule has 1 heterocycles. The molecule has 0 saturated heterocycles. The summed E-state index contributed by atoms with van der Waals surface area (Å²) in [6.45, 7) is 12.0. The Hall–Kier alpha value is -2.80. The van der Waals surface area contributed by atoms with E-state index in [0.29, 0.717) is 17.2 Å². The Bertz CT molecular complexity index is 972. The third-order valence-corrected chi connectivity index (χ3v) is 10.0. The number of phenols is 1. The Morgan fingerprint density at radius 3 is 2.33 bits per heavy atom. The van der Waals surface area contributed by atoms with E-state index in [2.05, 4.69) is 33.9 Å². The van der Waals surface area contributed by atoms with Crippen LogP contribution in [0.2, 0.25) is 18.1 Å². The van der Waals surface area contributed by atoms with Gasteiger partial charge in [-0.2, -0.15) is 0 Å². The summed E-state index contributed by atoms with van der Waals surface area (Å²) in [7, 11) is -2.12. The lowest BCUT2D eigenvalue weighted by molar-refractivity contribution is -0.131. The van der Waals surface area contributed by atoms with E-state index in [-0.39, 0.29) is 28.6 Å². The summed E-state index contributed by atoms with van der Waals surface area (Å²) >= 11 is 0. The summed E-state index contributed by atoms with van der Waals surface area (Å²) in [4.78, 5) is 23.8. The second-order valence-corrected chi connectivity index (χ2v) is 13.8. The smallest absolute Gasteiger partial charge is 0.308 e. The van der Waals surface area contributed by atoms with Crippen molar-refractivity contribution < 1.29 is 28.6 Å². The third kappa shape index (κ3) is 4.51. The van der Waals surface area contributed by atoms with Crippen LogP contribution in [-0.2, 0) is 4.79 Å². The summed E-state index contributed by atoms with van der Waals surface area (Å²) < 4.78 is 17.4. The number of carbonyl (C=O) groups excluding carboxylic acids is 2. The lowest BCUT2D eigenvalue weighted by atomic mass is 9.95. The van der Waals surface area contributed by atoms with E-state index in [9.17, 15) is 14.7 Å². The highest BCUT2D eigenvalue weighted by Gasteiger charge is 2.40. The van der Waals surface area contributed by atoms with Crippen molar-refractivity contribution in [3.63, 3.8) is 0 Å². The third-order valence-electron chi connectivity index (χ3n) is 5.67. The number of rotatable bonds is 4. The Morgan fingerprint density at radius 2 is 1.77 bits per heavy atom. The fourth-order valence-electron chi connectivity index (χ4n) is 3.02. The number of Topliss-reactive ketones (excluding diaryl/α,β-unsaturated/α-hetero) is 1. The van der Waals surface area contributed by atoms with E-state index in [0.717, 1.165) is 5.56 Å². The van der Waals surface area contributed by atoms with Gasteiger partial charge in [0.2, 0.25) is 8.32 Å². The van der Waals surface area contributed by atoms with Gasteiger partial charge in [0.15, 0.2) is 5.78 Å². The van der Waals surface area contributed by atoms with Crippen LogP contribution in [0.1, 0.15) is 56.1 Å². The number of hydrogen-bond donors (Lipinski definition) is 1. The molecule has 0 saturated carbocycles. The molecule has 2 aromatic carbocycles. The monoisotopic (exact) mass is 428 g/mol. The first kappa shape index (κ1) is 21.9. The summed E-state index contributed by atoms with van der Waals surface area (Å²) in [6.07, 6.45) is -0.394. The predicted octanol–water partition coefficient (Wildman–Crippen LogP) is 5.41. The molecule has 0 bridgehead atoms. The molecule has 160 valence electrons. The molecule has 7 heteroatoms. The predicted molar refractivity (Wildman–Crippen MR) is 116 cm³/mol. The maximum absolute atomic E-state index is 12.7. The van der Waals surface area contributed by atoms with Gasteiger partial charge in [0.1, 0.15) is 34.7 Å². The highest BCUT2D eigenvalue weighted by atomic mass is 28.4. The van der Waals surface area contributed by atoms with Crippen molar-refractivity contribution in [2.75, 3.05) is 0 Å². The Kier molecular flexibility index (Phi) is 5.69. The van der Waals surface area contributed by atoms with E-state index in [4.69, 9.17) is 13.9 Å². The molecule has 1 atom stereocenters. The summed E-state index contributed by atoms with van der Waals surface area (Å²) in [6, 6.07) is 10.0. The number of ether oxygens (including phenoxy) is 2. The summed E-state index contributed by atoms with van der Waals surface area (Å²) in [5.41, 5.74) is 0.963. The fraction of sp³-hybridized carbons (Fsp3) is 0.391. The first-order valence-electron chi connectivity index (χ1n) is 9.91.